The number of thioether (sulfide) groups is 1. The molecule has 0 amide bonds. The Morgan fingerprint density at radius 2 is 1.78 bits per heavy atom. The molecule has 142 valence electrons. The SMILES string of the molecule is COC(=O)c1ccc(C(C)Sc2nnc(-c3ccc(C(C)(C)C)cc3)o2)o1. The second-order valence-corrected chi connectivity index (χ2v) is 8.45. The van der Waals surface area contributed by atoms with Crippen LogP contribution >= 0.6 is 11.8 Å². The molecule has 0 radical (unpaired) electrons. The van der Waals surface area contributed by atoms with Gasteiger partial charge in [-0.3, -0.25) is 0 Å². The molecule has 3 aromatic rings. The summed E-state index contributed by atoms with van der Waals surface area (Å²) >= 11 is 1.37. The summed E-state index contributed by atoms with van der Waals surface area (Å²) in [5, 5.41) is 8.57. The fourth-order valence-electron chi connectivity index (χ4n) is 2.48. The average molecular weight is 386 g/mol. The number of esters is 1. The quantitative estimate of drug-likeness (QED) is 0.437. The van der Waals surface area contributed by atoms with Crippen LogP contribution in [0, 0.1) is 0 Å². The van der Waals surface area contributed by atoms with E-state index in [1.807, 2.05) is 19.1 Å². The lowest BCUT2D eigenvalue weighted by Gasteiger charge is -2.18. The van der Waals surface area contributed by atoms with Crippen LogP contribution in [0.3, 0.4) is 0 Å². The number of carbonyl (C=O) groups is 1. The largest absolute Gasteiger partial charge is 0.463 e. The Morgan fingerprint density at radius 3 is 2.41 bits per heavy atom. The highest BCUT2D eigenvalue weighted by Crippen LogP contribution is 2.36. The molecule has 2 heterocycles. The van der Waals surface area contributed by atoms with Gasteiger partial charge in [0, 0.05) is 5.56 Å². The van der Waals surface area contributed by atoms with Crippen molar-refractivity contribution < 1.29 is 18.4 Å². The summed E-state index contributed by atoms with van der Waals surface area (Å²) in [4.78, 5) is 11.5. The summed E-state index contributed by atoms with van der Waals surface area (Å²) in [6, 6.07) is 11.5. The van der Waals surface area contributed by atoms with Crippen molar-refractivity contribution in [2.75, 3.05) is 7.11 Å². The molecule has 0 saturated carbocycles. The molecule has 27 heavy (non-hydrogen) atoms. The van der Waals surface area contributed by atoms with Crippen LogP contribution in [0.5, 0.6) is 0 Å². The maximum Gasteiger partial charge on any atom is 0.373 e. The van der Waals surface area contributed by atoms with Gasteiger partial charge in [-0.2, -0.15) is 0 Å². The van der Waals surface area contributed by atoms with E-state index in [1.165, 1.54) is 24.4 Å². The van der Waals surface area contributed by atoms with Gasteiger partial charge in [0.25, 0.3) is 5.22 Å². The smallest absolute Gasteiger partial charge is 0.373 e. The molecule has 7 heteroatoms. The molecule has 1 atom stereocenters. The topological polar surface area (TPSA) is 78.4 Å². The Morgan fingerprint density at radius 1 is 1.07 bits per heavy atom. The molecule has 0 bridgehead atoms. The first-order valence-electron chi connectivity index (χ1n) is 8.57. The fourth-order valence-corrected chi connectivity index (χ4v) is 3.24. The van der Waals surface area contributed by atoms with E-state index < -0.39 is 5.97 Å². The molecule has 6 nitrogen and oxygen atoms in total. The molecule has 2 aromatic heterocycles. The third-order valence-corrected chi connectivity index (χ3v) is 5.05. The third kappa shape index (κ3) is 4.42. The lowest BCUT2D eigenvalue weighted by Crippen LogP contribution is -2.10. The Balaban J connectivity index is 1.70. The van der Waals surface area contributed by atoms with Gasteiger partial charge >= 0.3 is 5.97 Å². The molecule has 0 aliphatic heterocycles. The van der Waals surface area contributed by atoms with Gasteiger partial charge in [0.1, 0.15) is 5.76 Å². The van der Waals surface area contributed by atoms with Gasteiger partial charge in [0.15, 0.2) is 0 Å². The lowest BCUT2D eigenvalue weighted by atomic mass is 9.87. The van der Waals surface area contributed by atoms with Crippen molar-refractivity contribution in [3.8, 4) is 11.5 Å². The summed E-state index contributed by atoms with van der Waals surface area (Å²) in [6.07, 6.45) is 0. The minimum Gasteiger partial charge on any atom is -0.463 e. The summed E-state index contributed by atoms with van der Waals surface area (Å²) < 4.78 is 15.9. The lowest BCUT2D eigenvalue weighted by molar-refractivity contribution is 0.0563. The first-order valence-corrected chi connectivity index (χ1v) is 9.45. The zero-order valence-corrected chi connectivity index (χ0v) is 16.8. The van der Waals surface area contributed by atoms with Gasteiger partial charge in [0.05, 0.1) is 12.4 Å². The van der Waals surface area contributed by atoms with Crippen LogP contribution in [-0.2, 0) is 10.2 Å². The van der Waals surface area contributed by atoms with E-state index in [4.69, 9.17) is 8.83 Å². The first-order chi connectivity index (χ1) is 12.8. The fraction of sp³-hybridized carbons (Fsp3) is 0.350. The monoisotopic (exact) mass is 386 g/mol. The molecule has 1 unspecified atom stereocenters. The first kappa shape index (κ1) is 19.2. The molecule has 3 rings (SSSR count). The zero-order chi connectivity index (χ0) is 19.6. The molecule has 0 aliphatic rings. The number of benzene rings is 1. The number of methoxy groups -OCH3 is 1. The van der Waals surface area contributed by atoms with E-state index in [0.717, 1.165) is 5.56 Å². The average Bonchev–Trinajstić information content (AvgIpc) is 3.30. The molecular weight excluding hydrogens is 364 g/mol. The molecule has 0 aliphatic carbocycles. The Bertz CT molecular complexity index is 922. The molecule has 0 spiro atoms. The third-order valence-electron chi connectivity index (χ3n) is 4.10. The highest BCUT2D eigenvalue weighted by Gasteiger charge is 2.20. The van der Waals surface area contributed by atoms with Gasteiger partial charge in [-0.05, 0) is 42.2 Å². The summed E-state index contributed by atoms with van der Waals surface area (Å²) in [6.45, 7) is 8.45. The van der Waals surface area contributed by atoms with Crippen molar-refractivity contribution in [1.82, 2.24) is 10.2 Å². The van der Waals surface area contributed by atoms with Crippen LogP contribution in [0.25, 0.3) is 11.5 Å². The number of nitrogens with zero attached hydrogens (tertiary/aromatic N) is 2. The van der Waals surface area contributed by atoms with E-state index in [2.05, 4.69) is 47.8 Å². The van der Waals surface area contributed by atoms with Crippen molar-refractivity contribution in [2.45, 2.75) is 43.6 Å². The highest BCUT2D eigenvalue weighted by molar-refractivity contribution is 7.99. The predicted molar refractivity (Wildman–Crippen MR) is 103 cm³/mol. The van der Waals surface area contributed by atoms with E-state index >= 15 is 0 Å². The van der Waals surface area contributed by atoms with E-state index in [9.17, 15) is 4.79 Å². The second-order valence-electron chi connectivity index (χ2n) is 7.15. The number of ether oxygens (including phenoxy) is 1. The number of carbonyl (C=O) groups excluding carboxylic acids is 1. The van der Waals surface area contributed by atoms with Crippen molar-refractivity contribution in [3.63, 3.8) is 0 Å². The van der Waals surface area contributed by atoms with Crippen LogP contribution in [0.1, 0.15) is 54.8 Å². The van der Waals surface area contributed by atoms with Crippen LogP contribution < -0.4 is 0 Å². The minimum absolute atomic E-state index is 0.0932. The van der Waals surface area contributed by atoms with Crippen molar-refractivity contribution in [1.29, 1.82) is 0 Å². The number of furan rings is 1. The Labute approximate surface area is 162 Å². The Kier molecular flexibility index (Phi) is 5.41. The maximum absolute atomic E-state index is 11.5. The standard InChI is InChI=1S/C20H22N2O4S/c1-12(15-10-11-16(25-15)18(23)24-5)27-19-22-21-17(26-19)13-6-8-14(9-7-13)20(2,3)4/h6-12H,1-5H3. The normalized spacial score (nSPS) is 12.8. The van der Waals surface area contributed by atoms with Gasteiger partial charge < -0.3 is 13.6 Å². The van der Waals surface area contributed by atoms with Crippen LogP contribution in [0.4, 0.5) is 0 Å². The Hall–Kier alpha value is -2.54. The van der Waals surface area contributed by atoms with Crippen LogP contribution in [0.2, 0.25) is 0 Å². The number of aromatic nitrogens is 2. The zero-order valence-electron chi connectivity index (χ0n) is 16.0. The van der Waals surface area contributed by atoms with E-state index in [-0.39, 0.29) is 16.4 Å². The molecule has 0 N–H and O–H groups in total. The molecule has 0 saturated heterocycles. The van der Waals surface area contributed by atoms with Crippen molar-refractivity contribution >= 4 is 17.7 Å². The van der Waals surface area contributed by atoms with Gasteiger partial charge in [0.2, 0.25) is 11.7 Å². The maximum atomic E-state index is 11.5. The van der Waals surface area contributed by atoms with E-state index in [1.54, 1.807) is 12.1 Å². The second kappa shape index (κ2) is 7.60. The minimum atomic E-state index is -0.503. The van der Waals surface area contributed by atoms with Crippen LogP contribution in [0.15, 0.2) is 50.5 Å². The highest BCUT2D eigenvalue weighted by atomic mass is 32.2. The number of rotatable bonds is 5. The van der Waals surface area contributed by atoms with Gasteiger partial charge in [-0.1, -0.05) is 44.7 Å². The molecular formula is C20H22N2O4S. The predicted octanol–water partition coefficient (Wildman–Crippen LogP) is 5.27. The van der Waals surface area contributed by atoms with E-state index in [0.29, 0.717) is 16.9 Å². The summed E-state index contributed by atoms with van der Waals surface area (Å²) in [7, 11) is 1.32. The molecule has 1 aromatic carbocycles. The number of hydrogen-bond donors (Lipinski definition) is 0. The van der Waals surface area contributed by atoms with Gasteiger partial charge in [-0.15, -0.1) is 10.2 Å². The summed E-state index contributed by atoms with van der Waals surface area (Å²) in [5.41, 5.74) is 2.21. The molecule has 0 fully saturated rings. The van der Waals surface area contributed by atoms with Crippen LogP contribution in [-0.4, -0.2) is 23.3 Å². The number of hydrogen-bond acceptors (Lipinski definition) is 7. The van der Waals surface area contributed by atoms with Crippen molar-refractivity contribution in [3.05, 3.63) is 53.5 Å². The van der Waals surface area contributed by atoms with Crippen molar-refractivity contribution in [2.24, 2.45) is 0 Å². The van der Waals surface area contributed by atoms with Gasteiger partial charge in [-0.25, -0.2) is 4.79 Å². The summed E-state index contributed by atoms with van der Waals surface area (Å²) in [5.74, 6) is 0.775.